The molecular formula is C24H21Cl2N3O5S. The quantitative estimate of drug-likeness (QED) is 0.349. The standard InChI is InChI=1S/C24H21Cl2N3O5S/c1-32-23(31)14-2-5-19(29-8-10-33-11-9-29)18(12-14)27-24(35)28-22(30)21-7-6-20(34-21)16-13-15(25)3-4-17(16)26/h2-7,12-13H,8-11H2,1H3,(H2,27,28,30,35). The van der Waals surface area contributed by atoms with Crippen LogP contribution in [0.3, 0.4) is 0 Å². The van der Waals surface area contributed by atoms with Crippen molar-refractivity contribution < 1.29 is 23.5 Å². The smallest absolute Gasteiger partial charge is 0.337 e. The van der Waals surface area contributed by atoms with Crippen LogP contribution < -0.4 is 15.5 Å². The van der Waals surface area contributed by atoms with Crippen LogP contribution in [0.5, 0.6) is 0 Å². The van der Waals surface area contributed by atoms with E-state index < -0.39 is 11.9 Å². The van der Waals surface area contributed by atoms with Gasteiger partial charge < -0.3 is 24.1 Å². The molecule has 11 heteroatoms. The van der Waals surface area contributed by atoms with Gasteiger partial charge in [0.2, 0.25) is 0 Å². The number of anilines is 2. The lowest BCUT2D eigenvalue weighted by atomic mass is 10.1. The Bertz CT molecular complexity index is 1270. The maximum absolute atomic E-state index is 12.8. The first-order chi connectivity index (χ1) is 16.9. The van der Waals surface area contributed by atoms with E-state index in [0.717, 1.165) is 5.69 Å². The van der Waals surface area contributed by atoms with Gasteiger partial charge in [0.1, 0.15) is 5.76 Å². The van der Waals surface area contributed by atoms with Crippen LogP contribution >= 0.6 is 35.4 Å². The van der Waals surface area contributed by atoms with E-state index in [2.05, 4.69) is 15.5 Å². The average Bonchev–Trinajstić information content (AvgIpc) is 3.36. The first-order valence-corrected chi connectivity index (χ1v) is 11.7. The number of rotatable bonds is 5. The zero-order chi connectivity index (χ0) is 24.9. The van der Waals surface area contributed by atoms with E-state index in [1.165, 1.54) is 13.2 Å². The van der Waals surface area contributed by atoms with Crippen LogP contribution in [0.15, 0.2) is 52.9 Å². The largest absolute Gasteiger partial charge is 0.465 e. The second-order valence-electron chi connectivity index (χ2n) is 7.52. The van der Waals surface area contributed by atoms with Gasteiger partial charge in [-0.2, -0.15) is 0 Å². The molecule has 0 atom stereocenters. The van der Waals surface area contributed by atoms with E-state index in [4.69, 9.17) is 49.3 Å². The van der Waals surface area contributed by atoms with Crippen molar-refractivity contribution in [2.75, 3.05) is 43.6 Å². The summed E-state index contributed by atoms with van der Waals surface area (Å²) in [4.78, 5) is 26.9. The summed E-state index contributed by atoms with van der Waals surface area (Å²) in [6.07, 6.45) is 0. The summed E-state index contributed by atoms with van der Waals surface area (Å²) in [5.41, 5.74) is 2.27. The molecule has 0 bridgehead atoms. The molecule has 1 amide bonds. The van der Waals surface area contributed by atoms with Crippen LogP contribution in [-0.2, 0) is 9.47 Å². The Balaban J connectivity index is 1.51. The predicted molar refractivity (Wildman–Crippen MR) is 139 cm³/mol. The number of nitrogens with zero attached hydrogens (tertiary/aromatic N) is 1. The molecule has 182 valence electrons. The molecule has 3 aromatic rings. The van der Waals surface area contributed by atoms with Crippen LogP contribution in [0.25, 0.3) is 11.3 Å². The minimum absolute atomic E-state index is 0.0327. The highest BCUT2D eigenvalue weighted by molar-refractivity contribution is 7.80. The van der Waals surface area contributed by atoms with Gasteiger partial charge in [-0.25, -0.2) is 4.79 Å². The summed E-state index contributed by atoms with van der Waals surface area (Å²) in [6, 6.07) is 13.2. The lowest BCUT2D eigenvalue weighted by Crippen LogP contribution is -2.38. The van der Waals surface area contributed by atoms with Gasteiger partial charge in [0, 0.05) is 23.7 Å². The van der Waals surface area contributed by atoms with Crippen molar-refractivity contribution in [3.8, 4) is 11.3 Å². The first-order valence-electron chi connectivity index (χ1n) is 10.6. The minimum Gasteiger partial charge on any atom is -0.465 e. The summed E-state index contributed by atoms with van der Waals surface area (Å²) in [7, 11) is 1.31. The number of hydrogen-bond donors (Lipinski definition) is 2. The summed E-state index contributed by atoms with van der Waals surface area (Å²) < 4.78 is 15.9. The van der Waals surface area contributed by atoms with Gasteiger partial charge in [-0.1, -0.05) is 23.2 Å². The summed E-state index contributed by atoms with van der Waals surface area (Å²) >= 11 is 17.6. The third kappa shape index (κ3) is 5.94. The van der Waals surface area contributed by atoms with Crippen molar-refractivity contribution in [1.82, 2.24) is 5.32 Å². The molecule has 1 aromatic heterocycles. The maximum atomic E-state index is 12.8. The normalized spacial score (nSPS) is 13.3. The van der Waals surface area contributed by atoms with Gasteiger partial charge in [0.05, 0.1) is 42.3 Å². The highest BCUT2D eigenvalue weighted by atomic mass is 35.5. The van der Waals surface area contributed by atoms with Crippen molar-refractivity contribution in [3.05, 3.63) is 69.9 Å². The SMILES string of the molecule is COC(=O)c1ccc(N2CCOCC2)c(NC(=S)NC(=O)c2ccc(-c3cc(Cl)ccc3Cl)o2)c1. The molecule has 0 aliphatic carbocycles. The first kappa shape index (κ1) is 25.0. The number of benzene rings is 2. The van der Waals surface area contributed by atoms with Crippen LogP contribution in [-0.4, -0.2) is 50.4 Å². The molecule has 8 nitrogen and oxygen atoms in total. The third-order valence-corrected chi connectivity index (χ3v) is 6.04. The molecule has 0 saturated carbocycles. The Hall–Kier alpha value is -3.11. The van der Waals surface area contributed by atoms with Gasteiger partial charge >= 0.3 is 5.97 Å². The number of thiocarbonyl (C=S) groups is 1. The Labute approximate surface area is 217 Å². The monoisotopic (exact) mass is 533 g/mol. The number of nitrogens with one attached hydrogen (secondary N) is 2. The zero-order valence-corrected chi connectivity index (χ0v) is 20.9. The lowest BCUT2D eigenvalue weighted by molar-refractivity contribution is 0.0600. The maximum Gasteiger partial charge on any atom is 0.337 e. The summed E-state index contributed by atoms with van der Waals surface area (Å²) in [6.45, 7) is 2.51. The molecule has 35 heavy (non-hydrogen) atoms. The van der Waals surface area contributed by atoms with Gasteiger partial charge in [0.25, 0.3) is 5.91 Å². The van der Waals surface area contributed by atoms with E-state index in [-0.39, 0.29) is 10.9 Å². The fraction of sp³-hybridized carbons (Fsp3) is 0.208. The van der Waals surface area contributed by atoms with Crippen molar-refractivity contribution >= 4 is 63.8 Å². The van der Waals surface area contributed by atoms with Crippen molar-refractivity contribution in [3.63, 3.8) is 0 Å². The molecule has 2 heterocycles. The minimum atomic E-state index is -0.552. The third-order valence-electron chi connectivity index (χ3n) is 5.27. The number of carbonyl (C=O) groups excluding carboxylic acids is 2. The topological polar surface area (TPSA) is 93.0 Å². The molecule has 1 saturated heterocycles. The number of methoxy groups -OCH3 is 1. The Morgan fingerprint density at radius 1 is 1.06 bits per heavy atom. The molecule has 0 unspecified atom stereocenters. The molecule has 1 fully saturated rings. The van der Waals surface area contributed by atoms with E-state index in [1.807, 2.05) is 0 Å². The number of ether oxygens (including phenoxy) is 2. The summed E-state index contributed by atoms with van der Waals surface area (Å²) in [5, 5.41) is 6.57. The number of esters is 1. The van der Waals surface area contributed by atoms with Gasteiger partial charge in [-0.15, -0.1) is 0 Å². The average molecular weight is 534 g/mol. The van der Waals surface area contributed by atoms with E-state index in [1.54, 1.807) is 42.5 Å². The lowest BCUT2D eigenvalue weighted by Gasteiger charge is -2.31. The van der Waals surface area contributed by atoms with E-state index in [0.29, 0.717) is 58.9 Å². The van der Waals surface area contributed by atoms with Crippen LogP contribution in [0, 0.1) is 0 Å². The highest BCUT2D eigenvalue weighted by Crippen LogP contribution is 2.32. The molecule has 2 N–H and O–H groups in total. The molecule has 1 aliphatic rings. The zero-order valence-electron chi connectivity index (χ0n) is 18.6. The van der Waals surface area contributed by atoms with Crippen LogP contribution in [0.1, 0.15) is 20.9 Å². The summed E-state index contributed by atoms with van der Waals surface area (Å²) in [5.74, 6) is -0.609. The second-order valence-corrected chi connectivity index (χ2v) is 8.77. The van der Waals surface area contributed by atoms with Crippen molar-refractivity contribution in [2.45, 2.75) is 0 Å². The highest BCUT2D eigenvalue weighted by Gasteiger charge is 2.20. The van der Waals surface area contributed by atoms with Gasteiger partial charge in [-0.05, 0) is 60.7 Å². The van der Waals surface area contributed by atoms with Gasteiger partial charge in [-0.3, -0.25) is 10.1 Å². The number of furan rings is 1. The van der Waals surface area contributed by atoms with E-state index >= 15 is 0 Å². The molecule has 0 spiro atoms. The van der Waals surface area contributed by atoms with Crippen molar-refractivity contribution in [2.24, 2.45) is 0 Å². The number of carbonyl (C=O) groups is 2. The number of hydrogen-bond acceptors (Lipinski definition) is 7. The predicted octanol–water partition coefficient (Wildman–Crippen LogP) is 5.00. The Morgan fingerprint density at radius 2 is 1.83 bits per heavy atom. The van der Waals surface area contributed by atoms with Crippen LogP contribution in [0.4, 0.5) is 11.4 Å². The fourth-order valence-corrected chi connectivity index (χ4v) is 4.16. The Morgan fingerprint density at radius 3 is 2.57 bits per heavy atom. The van der Waals surface area contributed by atoms with E-state index in [9.17, 15) is 9.59 Å². The molecular weight excluding hydrogens is 513 g/mol. The van der Waals surface area contributed by atoms with Gasteiger partial charge in [0.15, 0.2) is 10.9 Å². The Kier molecular flexibility index (Phi) is 7.92. The molecule has 2 aromatic carbocycles. The number of morpholine rings is 1. The van der Waals surface area contributed by atoms with Crippen molar-refractivity contribution in [1.29, 1.82) is 0 Å². The molecule has 0 radical (unpaired) electrons. The number of halogens is 2. The molecule has 4 rings (SSSR count). The number of amides is 1. The molecule has 1 aliphatic heterocycles. The second kappa shape index (κ2) is 11.1. The van der Waals surface area contributed by atoms with Crippen LogP contribution in [0.2, 0.25) is 10.0 Å². The fourth-order valence-electron chi connectivity index (χ4n) is 3.57.